The van der Waals surface area contributed by atoms with E-state index in [-0.39, 0.29) is 42.2 Å². The molecule has 0 aliphatic carbocycles. The van der Waals surface area contributed by atoms with Crippen LogP contribution in [0.25, 0.3) is 0 Å². The Hall–Kier alpha value is -1.74. The molecule has 1 heterocycles. The highest BCUT2D eigenvalue weighted by Crippen LogP contribution is 2.25. The van der Waals surface area contributed by atoms with Crippen LogP contribution in [0.3, 0.4) is 0 Å². The van der Waals surface area contributed by atoms with Gasteiger partial charge in [-0.05, 0) is 36.2 Å². The maximum absolute atomic E-state index is 13.8. The predicted octanol–water partition coefficient (Wildman–Crippen LogP) is 4.04. The van der Waals surface area contributed by atoms with Crippen molar-refractivity contribution in [1.82, 2.24) is 10.2 Å². The van der Waals surface area contributed by atoms with Crippen LogP contribution in [-0.2, 0) is 11.3 Å². The van der Waals surface area contributed by atoms with Crippen LogP contribution < -0.4 is 5.32 Å². The maximum Gasteiger partial charge on any atom is 0.194 e. The van der Waals surface area contributed by atoms with Crippen molar-refractivity contribution in [3.05, 3.63) is 70.8 Å². The highest BCUT2D eigenvalue weighted by atomic mass is 127. The SMILES string of the molecule is CN=C(NCc1cc(F)ccc1F)N1CCOC(c2ccccc2C)C1.I. The van der Waals surface area contributed by atoms with E-state index in [2.05, 4.69) is 34.3 Å². The van der Waals surface area contributed by atoms with E-state index >= 15 is 0 Å². The Morgan fingerprint density at radius 3 is 2.78 bits per heavy atom. The molecule has 0 radical (unpaired) electrons. The van der Waals surface area contributed by atoms with Gasteiger partial charge in [0.2, 0.25) is 0 Å². The van der Waals surface area contributed by atoms with Crippen molar-refractivity contribution in [2.24, 2.45) is 4.99 Å². The van der Waals surface area contributed by atoms with Gasteiger partial charge in [0.15, 0.2) is 5.96 Å². The zero-order valence-corrected chi connectivity index (χ0v) is 17.7. The molecule has 1 aliphatic heterocycles. The van der Waals surface area contributed by atoms with Gasteiger partial charge in [-0.3, -0.25) is 4.99 Å². The number of nitrogens with one attached hydrogen (secondary N) is 1. The molecule has 0 amide bonds. The number of rotatable bonds is 3. The van der Waals surface area contributed by atoms with Crippen LogP contribution in [0, 0.1) is 18.6 Å². The van der Waals surface area contributed by atoms with Crippen molar-refractivity contribution in [3.8, 4) is 0 Å². The number of aryl methyl sites for hydroxylation is 1. The second-order valence-electron chi connectivity index (χ2n) is 6.30. The van der Waals surface area contributed by atoms with Crippen LogP contribution in [-0.4, -0.2) is 37.6 Å². The van der Waals surface area contributed by atoms with Gasteiger partial charge in [0.1, 0.15) is 17.7 Å². The quantitative estimate of drug-likeness (QED) is 0.404. The summed E-state index contributed by atoms with van der Waals surface area (Å²) in [5.74, 6) is -0.242. The summed E-state index contributed by atoms with van der Waals surface area (Å²) in [6.07, 6.45) is -0.0468. The predicted molar refractivity (Wildman–Crippen MR) is 113 cm³/mol. The second kappa shape index (κ2) is 9.98. The highest BCUT2D eigenvalue weighted by Gasteiger charge is 2.25. The summed E-state index contributed by atoms with van der Waals surface area (Å²) in [4.78, 5) is 6.37. The van der Waals surface area contributed by atoms with Gasteiger partial charge in [0.05, 0.1) is 13.2 Å². The summed E-state index contributed by atoms with van der Waals surface area (Å²) in [5.41, 5.74) is 2.61. The molecule has 1 N–H and O–H groups in total. The third kappa shape index (κ3) is 5.38. The van der Waals surface area contributed by atoms with Crippen LogP contribution in [0.15, 0.2) is 47.5 Å². The van der Waals surface area contributed by atoms with E-state index in [1.54, 1.807) is 7.05 Å². The molecule has 1 fully saturated rings. The fourth-order valence-corrected chi connectivity index (χ4v) is 3.16. The third-order valence-corrected chi connectivity index (χ3v) is 4.56. The molecule has 27 heavy (non-hydrogen) atoms. The molecular weight excluding hydrogens is 463 g/mol. The normalized spacial score (nSPS) is 17.4. The third-order valence-electron chi connectivity index (χ3n) is 4.56. The molecule has 2 aromatic carbocycles. The summed E-state index contributed by atoms with van der Waals surface area (Å²) >= 11 is 0. The van der Waals surface area contributed by atoms with Crippen LogP contribution in [0.2, 0.25) is 0 Å². The molecule has 146 valence electrons. The first-order chi connectivity index (χ1) is 12.6. The highest BCUT2D eigenvalue weighted by molar-refractivity contribution is 14.0. The number of nitrogens with zero attached hydrogens (tertiary/aromatic N) is 2. The van der Waals surface area contributed by atoms with E-state index in [9.17, 15) is 8.78 Å². The van der Waals surface area contributed by atoms with Gasteiger partial charge in [-0.25, -0.2) is 8.78 Å². The van der Waals surface area contributed by atoms with E-state index in [4.69, 9.17) is 4.74 Å². The fraction of sp³-hybridized carbons (Fsp3) is 0.350. The molecule has 1 aliphatic rings. The minimum atomic E-state index is -0.454. The first kappa shape index (κ1) is 21.6. The van der Waals surface area contributed by atoms with Crippen molar-refractivity contribution in [3.63, 3.8) is 0 Å². The Bertz CT molecular complexity index is 801. The molecular formula is C20H24F2IN3O. The number of morpholine rings is 1. The Morgan fingerprint density at radius 1 is 1.26 bits per heavy atom. The number of ether oxygens (including phenoxy) is 1. The van der Waals surface area contributed by atoms with Crippen LogP contribution in [0.5, 0.6) is 0 Å². The lowest BCUT2D eigenvalue weighted by Gasteiger charge is -2.35. The van der Waals surface area contributed by atoms with Gasteiger partial charge >= 0.3 is 0 Å². The topological polar surface area (TPSA) is 36.9 Å². The molecule has 4 nitrogen and oxygen atoms in total. The fourth-order valence-electron chi connectivity index (χ4n) is 3.16. The molecule has 0 spiro atoms. The number of benzene rings is 2. The Balaban J connectivity index is 0.00000261. The van der Waals surface area contributed by atoms with Gasteiger partial charge in [0, 0.05) is 25.7 Å². The average molecular weight is 487 g/mol. The number of guanidine groups is 1. The standard InChI is InChI=1S/C20H23F2N3O.HI/c1-14-5-3-4-6-17(14)19-13-25(9-10-26-19)20(23-2)24-12-15-11-16(21)7-8-18(15)22;/h3-8,11,19H,9-10,12-13H2,1-2H3,(H,23,24);1H. The minimum Gasteiger partial charge on any atom is -0.370 e. The van der Waals surface area contributed by atoms with Crippen molar-refractivity contribution in [1.29, 1.82) is 0 Å². The molecule has 1 saturated heterocycles. The van der Waals surface area contributed by atoms with E-state index in [1.807, 2.05) is 12.1 Å². The zero-order chi connectivity index (χ0) is 18.5. The van der Waals surface area contributed by atoms with Crippen LogP contribution in [0.4, 0.5) is 8.78 Å². The smallest absolute Gasteiger partial charge is 0.194 e. The number of hydrogen-bond donors (Lipinski definition) is 1. The van der Waals surface area contributed by atoms with E-state index in [0.717, 1.165) is 17.7 Å². The first-order valence-electron chi connectivity index (χ1n) is 8.65. The van der Waals surface area contributed by atoms with Gasteiger partial charge in [-0.2, -0.15) is 0 Å². The summed E-state index contributed by atoms with van der Waals surface area (Å²) in [5, 5.41) is 3.12. The van der Waals surface area contributed by atoms with Crippen LogP contribution >= 0.6 is 24.0 Å². The second-order valence-corrected chi connectivity index (χ2v) is 6.30. The van der Waals surface area contributed by atoms with Crippen molar-refractivity contribution >= 4 is 29.9 Å². The molecule has 0 bridgehead atoms. The van der Waals surface area contributed by atoms with E-state index < -0.39 is 11.6 Å². The van der Waals surface area contributed by atoms with Crippen molar-refractivity contribution in [2.45, 2.75) is 19.6 Å². The maximum atomic E-state index is 13.8. The van der Waals surface area contributed by atoms with Gasteiger partial charge in [-0.1, -0.05) is 24.3 Å². The summed E-state index contributed by atoms with van der Waals surface area (Å²) in [6.45, 7) is 4.15. The average Bonchev–Trinajstić information content (AvgIpc) is 2.65. The lowest BCUT2D eigenvalue weighted by atomic mass is 10.0. The zero-order valence-electron chi connectivity index (χ0n) is 15.4. The Morgan fingerprint density at radius 2 is 2.04 bits per heavy atom. The summed E-state index contributed by atoms with van der Waals surface area (Å²) in [6, 6.07) is 11.6. The number of aliphatic imine (C=N–C) groups is 1. The molecule has 3 rings (SSSR count). The largest absolute Gasteiger partial charge is 0.370 e. The first-order valence-corrected chi connectivity index (χ1v) is 8.65. The summed E-state index contributed by atoms with van der Waals surface area (Å²) in [7, 11) is 1.68. The Kier molecular flexibility index (Phi) is 7.97. The van der Waals surface area contributed by atoms with Gasteiger partial charge in [0.25, 0.3) is 0 Å². The molecule has 0 aromatic heterocycles. The van der Waals surface area contributed by atoms with E-state index in [1.165, 1.54) is 11.6 Å². The molecule has 1 atom stereocenters. The Labute approximate surface area is 175 Å². The minimum absolute atomic E-state index is 0. The van der Waals surface area contributed by atoms with Gasteiger partial charge < -0.3 is 15.0 Å². The molecule has 7 heteroatoms. The monoisotopic (exact) mass is 487 g/mol. The number of hydrogen-bond acceptors (Lipinski definition) is 2. The van der Waals surface area contributed by atoms with Crippen molar-refractivity contribution in [2.75, 3.05) is 26.7 Å². The summed E-state index contributed by atoms with van der Waals surface area (Å²) < 4.78 is 33.1. The lowest BCUT2D eigenvalue weighted by Crippen LogP contribution is -2.48. The molecule has 2 aromatic rings. The van der Waals surface area contributed by atoms with Crippen LogP contribution in [0.1, 0.15) is 22.8 Å². The van der Waals surface area contributed by atoms with E-state index in [0.29, 0.717) is 25.7 Å². The van der Waals surface area contributed by atoms with Crippen molar-refractivity contribution < 1.29 is 13.5 Å². The molecule has 0 saturated carbocycles. The number of halogens is 3. The molecule has 1 unspecified atom stereocenters. The lowest BCUT2D eigenvalue weighted by molar-refractivity contribution is -0.00834. The van der Waals surface area contributed by atoms with Gasteiger partial charge in [-0.15, -0.1) is 24.0 Å².